The van der Waals surface area contributed by atoms with Crippen LogP contribution < -0.4 is 11.1 Å². The molecule has 0 aliphatic heterocycles. The lowest BCUT2D eigenvalue weighted by Gasteiger charge is -2.13. The number of aromatic amines is 1. The van der Waals surface area contributed by atoms with Gasteiger partial charge in [-0.1, -0.05) is 12.1 Å². The highest BCUT2D eigenvalue weighted by Gasteiger charge is 2.22. The summed E-state index contributed by atoms with van der Waals surface area (Å²) in [5, 5.41) is 30.3. The van der Waals surface area contributed by atoms with Crippen molar-refractivity contribution in [1.82, 2.24) is 20.3 Å². The smallest absolute Gasteiger partial charge is 0.326 e. The minimum atomic E-state index is -1.34. The summed E-state index contributed by atoms with van der Waals surface area (Å²) < 4.78 is 0. The number of aromatic nitrogens is 3. The van der Waals surface area contributed by atoms with Gasteiger partial charge in [0, 0.05) is 24.6 Å². The van der Waals surface area contributed by atoms with Crippen molar-refractivity contribution in [2.24, 2.45) is 0 Å². The molecule has 0 unspecified atom stereocenters. The number of nitrogens with two attached hydrogens (primary N) is 1. The lowest BCUT2D eigenvalue weighted by Crippen LogP contribution is -2.41. The number of carboxylic acid groups (broad SMARTS) is 2. The summed E-state index contributed by atoms with van der Waals surface area (Å²) in [5.74, 6) is -4.08. The number of nitrogens with zero attached hydrogens (tertiary/aromatic N) is 2. The van der Waals surface area contributed by atoms with E-state index >= 15 is 0 Å². The molecule has 0 spiro atoms. The number of carbonyl (C=O) groups is 4. The van der Waals surface area contributed by atoms with Gasteiger partial charge in [0.05, 0.1) is 10.9 Å². The van der Waals surface area contributed by atoms with Crippen molar-refractivity contribution in [1.29, 1.82) is 0 Å². The highest BCUT2D eigenvalue weighted by Crippen LogP contribution is 2.26. The number of ketones is 1. The number of hydrogen-bond donors (Lipinski definition) is 6. The quantitative estimate of drug-likeness (QED) is 0.256. The van der Waals surface area contributed by atoms with Crippen molar-refractivity contribution < 1.29 is 34.5 Å². The fourth-order valence-corrected chi connectivity index (χ4v) is 3.07. The predicted molar refractivity (Wildman–Crippen MR) is 110 cm³/mol. The van der Waals surface area contributed by atoms with Crippen LogP contribution in [0.2, 0.25) is 0 Å². The van der Waals surface area contributed by atoms with Gasteiger partial charge in [0.15, 0.2) is 5.78 Å². The molecule has 7 N–H and O–H groups in total. The van der Waals surface area contributed by atoms with Gasteiger partial charge in [0.25, 0.3) is 5.91 Å². The number of Topliss-reactive ketones (excluding diaryl/α,β-unsaturated/α-hetero) is 1. The third kappa shape index (κ3) is 4.98. The Hall–Kier alpha value is -4.48. The number of carboxylic acids is 2. The standard InChI is InChI=1S/C20H19N5O7/c21-20-24-16-15(18(30)25-20)11(8-22-16)13(26)7-9-1-3-10(4-2-9)17(29)23-12(19(31)32)5-6-14(27)28/h1-4,8,12H,5-7H2,(H,23,29)(H,27,28)(H,31,32)(H4,21,22,24,25,30)/t12-/m0/s1. The number of H-pyrrole nitrogens is 1. The molecule has 0 saturated heterocycles. The summed E-state index contributed by atoms with van der Waals surface area (Å²) >= 11 is 0. The molecule has 1 atom stereocenters. The molecule has 1 aromatic carbocycles. The third-order valence-electron chi connectivity index (χ3n) is 4.66. The van der Waals surface area contributed by atoms with Crippen LogP contribution in [0, 0.1) is 0 Å². The van der Waals surface area contributed by atoms with Gasteiger partial charge < -0.3 is 31.4 Å². The molecule has 12 nitrogen and oxygen atoms in total. The number of benzene rings is 1. The van der Waals surface area contributed by atoms with Crippen LogP contribution in [0.25, 0.3) is 11.0 Å². The largest absolute Gasteiger partial charge is 0.493 e. The van der Waals surface area contributed by atoms with Crippen LogP contribution in [0.4, 0.5) is 5.95 Å². The number of hydrogen-bond acceptors (Lipinski definition) is 8. The number of anilines is 1. The number of amides is 1. The molecule has 1 amide bonds. The molecule has 3 rings (SSSR count). The summed E-state index contributed by atoms with van der Waals surface area (Å²) in [6, 6.07) is 4.56. The summed E-state index contributed by atoms with van der Waals surface area (Å²) in [4.78, 5) is 57.1. The number of fused-ring (bicyclic) bond motifs is 1. The van der Waals surface area contributed by atoms with E-state index in [1.165, 1.54) is 30.5 Å². The second-order valence-corrected chi connectivity index (χ2v) is 6.92. The van der Waals surface area contributed by atoms with E-state index in [2.05, 4.69) is 20.3 Å². The van der Waals surface area contributed by atoms with Crippen LogP contribution in [0.1, 0.15) is 39.1 Å². The van der Waals surface area contributed by atoms with E-state index in [4.69, 9.17) is 15.9 Å². The average molecular weight is 441 g/mol. The minimum Gasteiger partial charge on any atom is -0.493 e. The van der Waals surface area contributed by atoms with Crippen LogP contribution in [0.15, 0.2) is 30.5 Å². The Balaban J connectivity index is 1.69. The van der Waals surface area contributed by atoms with Crippen LogP contribution in [0.5, 0.6) is 5.88 Å². The Bertz CT molecular complexity index is 1200. The molecule has 0 aliphatic rings. The fourth-order valence-electron chi connectivity index (χ4n) is 3.07. The lowest BCUT2D eigenvalue weighted by atomic mass is 10.0. The first-order chi connectivity index (χ1) is 15.2. The topological polar surface area (TPSA) is 209 Å². The van der Waals surface area contributed by atoms with Gasteiger partial charge in [-0.15, -0.1) is 0 Å². The van der Waals surface area contributed by atoms with Gasteiger partial charge in [0.2, 0.25) is 11.8 Å². The van der Waals surface area contributed by atoms with E-state index in [1.54, 1.807) is 0 Å². The number of nitrogens with one attached hydrogen (secondary N) is 2. The van der Waals surface area contributed by atoms with E-state index in [-0.39, 0.29) is 46.7 Å². The number of rotatable bonds is 9. The summed E-state index contributed by atoms with van der Waals surface area (Å²) in [7, 11) is 0. The summed E-state index contributed by atoms with van der Waals surface area (Å²) in [6.07, 6.45) is 0.690. The fraction of sp³-hybridized carbons (Fsp3) is 0.200. The van der Waals surface area contributed by atoms with Gasteiger partial charge in [0.1, 0.15) is 11.7 Å². The van der Waals surface area contributed by atoms with Gasteiger partial charge in [-0.2, -0.15) is 9.97 Å². The zero-order valence-electron chi connectivity index (χ0n) is 16.5. The van der Waals surface area contributed by atoms with Crippen molar-refractivity contribution >= 4 is 40.6 Å². The molecule has 32 heavy (non-hydrogen) atoms. The zero-order valence-corrected chi connectivity index (χ0v) is 16.5. The molecule has 0 bridgehead atoms. The molecular formula is C20H19N5O7. The highest BCUT2D eigenvalue weighted by atomic mass is 16.4. The van der Waals surface area contributed by atoms with Crippen molar-refractivity contribution in [3.8, 4) is 5.88 Å². The second-order valence-electron chi connectivity index (χ2n) is 6.92. The molecule has 2 heterocycles. The summed E-state index contributed by atoms with van der Waals surface area (Å²) in [6.45, 7) is 0. The van der Waals surface area contributed by atoms with Gasteiger partial charge in [-0.05, 0) is 24.1 Å². The SMILES string of the molecule is Nc1nc(O)c2c(C(=O)Cc3ccc(C(=O)N[C@@H](CCC(=O)O)C(=O)O)cc3)c[nH]c2n1. The van der Waals surface area contributed by atoms with Crippen LogP contribution in [-0.4, -0.2) is 59.9 Å². The molecule has 0 radical (unpaired) electrons. The van der Waals surface area contributed by atoms with Crippen LogP contribution in [0.3, 0.4) is 0 Å². The Morgan fingerprint density at radius 3 is 2.41 bits per heavy atom. The second kappa shape index (κ2) is 9.12. The maximum Gasteiger partial charge on any atom is 0.326 e. The first kappa shape index (κ1) is 22.2. The molecule has 0 aliphatic carbocycles. The predicted octanol–water partition coefficient (Wildman–Crippen LogP) is 0.719. The average Bonchev–Trinajstić information content (AvgIpc) is 3.15. The Morgan fingerprint density at radius 2 is 1.78 bits per heavy atom. The third-order valence-corrected chi connectivity index (χ3v) is 4.66. The Kier molecular flexibility index (Phi) is 6.33. The van der Waals surface area contributed by atoms with E-state index in [9.17, 15) is 24.3 Å². The number of carbonyl (C=O) groups excluding carboxylic acids is 2. The molecule has 2 aromatic heterocycles. The normalized spacial score (nSPS) is 11.8. The molecule has 12 heteroatoms. The lowest BCUT2D eigenvalue weighted by molar-refractivity contribution is -0.140. The molecule has 166 valence electrons. The van der Waals surface area contributed by atoms with Gasteiger partial charge in [-0.3, -0.25) is 14.4 Å². The first-order valence-corrected chi connectivity index (χ1v) is 9.37. The van der Waals surface area contributed by atoms with Crippen LogP contribution in [-0.2, 0) is 16.0 Å². The number of aromatic hydroxyl groups is 1. The first-order valence-electron chi connectivity index (χ1n) is 9.37. The van der Waals surface area contributed by atoms with Crippen LogP contribution >= 0.6 is 0 Å². The number of aliphatic carboxylic acids is 2. The molecule has 0 saturated carbocycles. The van der Waals surface area contributed by atoms with Crippen molar-refractivity contribution in [2.45, 2.75) is 25.3 Å². The maximum absolute atomic E-state index is 12.7. The highest BCUT2D eigenvalue weighted by molar-refractivity contribution is 6.09. The van der Waals surface area contributed by atoms with Crippen molar-refractivity contribution in [3.63, 3.8) is 0 Å². The van der Waals surface area contributed by atoms with E-state index in [0.29, 0.717) is 5.56 Å². The van der Waals surface area contributed by atoms with E-state index in [1.807, 2.05) is 0 Å². The van der Waals surface area contributed by atoms with E-state index < -0.39 is 36.2 Å². The van der Waals surface area contributed by atoms with Gasteiger partial charge in [-0.25, -0.2) is 4.79 Å². The Morgan fingerprint density at radius 1 is 1.09 bits per heavy atom. The molecule has 0 fully saturated rings. The maximum atomic E-state index is 12.7. The monoisotopic (exact) mass is 441 g/mol. The number of nitrogen functional groups attached to an aromatic ring is 1. The van der Waals surface area contributed by atoms with Crippen molar-refractivity contribution in [3.05, 3.63) is 47.2 Å². The molecule has 3 aromatic rings. The van der Waals surface area contributed by atoms with Crippen molar-refractivity contribution in [2.75, 3.05) is 5.73 Å². The summed E-state index contributed by atoms with van der Waals surface area (Å²) in [5.41, 5.74) is 6.59. The molecular weight excluding hydrogens is 422 g/mol. The van der Waals surface area contributed by atoms with Gasteiger partial charge >= 0.3 is 11.9 Å². The minimum absolute atomic E-state index is 0.0466. The Labute approximate surface area is 180 Å². The van der Waals surface area contributed by atoms with E-state index in [0.717, 1.165) is 0 Å². The zero-order chi connectivity index (χ0) is 23.4.